The predicted octanol–water partition coefficient (Wildman–Crippen LogP) is 1.81. The number of hydrogen-bond donors (Lipinski definition) is 3. The Balaban J connectivity index is 2.43. The maximum absolute atomic E-state index is 9.92. The number of rotatable bonds is 6. The summed E-state index contributed by atoms with van der Waals surface area (Å²) in [5.41, 5.74) is 7.17. The molecule has 0 saturated carbocycles. The van der Waals surface area contributed by atoms with E-state index in [-0.39, 0.29) is 6.61 Å². The van der Waals surface area contributed by atoms with Gasteiger partial charge in [0.2, 0.25) is 0 Å². The van der Waals surface area contributed by atoms with Gasteiger partial charge in [0, 0.05) is 23.3 Å². The summed E-state index contributed by atoms with van der Waals surface area (Å²) in [5.74, 6) is 0.630. The zero-order valence-electron chi connectivity index (χ0n) is 9.47. The average molecular weight is 241 g/mol. The number of aliphatic hydroxyl groups is 2. The van der Waals surface area contributed by atoms with Crippen LogP contribution in [0.2, 0.25) is 0 Å². The second-order valence-electron chi connectivity index (χ2n) is 3.84. The second kappa shape index (κ2) is 6.78. The zero-order valence-corrected chi connectivity index (χ0v) is 10.3. The van der Waals surface area contributed by atoms with Crippen LogP contribution in [0.1, 0.15) is 25.0 Å². The number of benzene rings is 1. The van der Waals surface area contributed by atoms with Crippen LogP contribution in [0.25, 0.3) is 0 Å². The number of anilines is 1. The lowest BCUT2D eigenvalue weighted by Gasteiger charge is -2.14. The van der Waals surface area contributed by atoms with E-state index in [0.717, 1.165) is 12.0 Å². The molecule has 0 fully saturated rings. The van der Waals surface area contributed by atoms with Crippen LogP contribution >= 0.6 is 11.8 Å². The van der Waals surface area contributed by atoms with Crippen LogP contribution in [0.3, 0.4) is 0 Å². The van der Waals surface area contributed by atoms with E-state index in [1.807, 2.05) is 19.1 Å². The van der Waals surface area contributed by atoms with E-state index in [9.17, 15) is 5.11 Å². The summed E-state index contributed by atoms with van der Waals surface area (Å²) in [5, 5.41) is 19.0. The van der Waals surface area contributed by atoms with Gasteiger partial charge in [-0.25, -0.2) is 0 Å². The van der Waals surface area contributed by atoms with Crippen molar-refractivity contribution in [3.63, 3.8) is 0 Å². The molecule has 2 atom stereocenters. The molecule has 0 bridgehead atoms. The molecule has 1 aromatic carbocycles. The maximum atomic E-state index is 9.92. The van der Waals surface area contributed by atoms with E-state index in [1.165, 1.54) is 0 Å². The summed E-state index contributed by atoms with van der Waals surface area (Å²) in [6, 6.07) is 7.31. The van der Waals surface area contributed by atoms with E-state index < -0.39 is 6.10 Å². The van der Waals surface area contributed by atoms with Gasteiger partial charge in [-0.15, -0.1) is 0 Å². The molecular formula is C12H19NO2S. The lowest BCUT2D eigenvalue weighted by molar-refractivity contribution is 0.204. The maximum Gasteiger partial charge on any atom is 0.0881 e. The van der Waals surface area contributed by atoms with Crippen LogP contribution in [0.5, 0.6) is 0 Å². The Morgan fingerprint density at radius 1 is 1.44 bits per heavy atom. The van der Waals surface area contributed by atoms with Gasteiger partial charge in [0.15, 0.2) is 0 Å². The van der Waals surface area contributed by atoms with Crippen molar-refractivity contribution in [1.82, 2.24) is 0 Å². The molecule has 4 heteroatoms. The number of aliphatic hydroxyl groups excluding tert-OH is 2. The first-order valence-electron chi connectivity index (χ1n) is 5.39. The van der Waals surface area contributed by atoms with Gasteiger partial charge in [0.05, 0.1) is 6.10 Å². The van der Waals surface area contributed by atoms with Crippen molar-refractivity contribution in [3.05, 3.63) is 29.8 Å². The first-order chi connectivity index (χ1) is 7.63. The molecule has 0 spiro atoms. The fourth-order valence-corrected chi connectivity index (χ4v) is 2.36. The predicted molar refractivity (Wildman–Crippen MR) is 69.4 cm³/mol. The Bertz CT molecular complexity index is 320. The molecule has 4 N–H and O–H groups in total. The van der Waals surface area contributed by atoms with Gasteiger partial charge in [0.25, 0.3) is 0 Å². The molecule has 0 aromatic heterocycles. The second-order valence-corrected chi connectivity index (χ2v) is 5.31. The highest BCUT2D eigenvalue weighted by Gasteiger charge is 2.10. The van der Waals surface area contributed by atoms with Gasteiger partial charge in [-0.05, 0) is 24.1 Å². The summed E-state index contributed by atoms with van der Waals surface area (Å²) in [6.07, 6.45) is 0.267. The van der Waals surface area contributed by atoms with Gasteiger partial charge in [-0.1, -0.05) is 19.1 Å². The molecule has 1 rings (SSSR count). The molecule has 0 saturated heterocycles. The Morgan fingerprint density at radius 3 is 2.81 bits per heavy atom. The zero-order chi connectivity index (χ0) is 12.0. The summed E-state index contributed by atoms with van der Waals surface area (Å²) in [6.45, 7) is 2.25. The number of thioether (sulfide) groups is 1. The van der Waals surface area contributed by atoms with Crippen LogP contribution in [0, 0.1) is 0 Å². The molecule has 0 heterocycles. The van der Waals surface area contributed by atoms with E-state index in [4.69, 9.17) is 10.8 Å². The fourth-order valence-electron chi connectivity index (χ4n) is 1.38. The van der Waals surface area contributed by atoms with E-state index in [2.05, 4.69) is 0 Å². The molecule has 0 amide bonds. The topological polar surface area (TPSA) is 66.5 Å². The molecule has 0 radical (unpaired) electrons. The van der Waals surface area contributed by atoms with Gasteiger partial charge in [-0.3, -0.25) is 0 Å². The molecule has 1 aromatic rings. The minimum Gasteiger partial charge on any atom is -0.399 e. The third-order valence-electron chi connectivity index (χ3n) is 2.37. The van der Waals surface area contributed by atoms with Crippen molar-refractivity contribution < 1.29 is 10.2 Å². The molecule has 0 aliphatic heterocycles. The number of hydrogen-bond acceptors (Lipinski definition) is 4. The SMILES string of the molecule is CC(CCO)SCC(O)c1cccc(N)c1. The number of nitrogens with two attached hydrogens (primary N) is 1. The van der Waals surface area contributed by atoms with E-state index in [0.29, 0.717) is 16.7 Å². The first-order valence-corrected chi connectivity index (χ1v) is 6.44. The summed E-state index contributed by atoms with van der Waals surface area (Å²) < 4.78 is 0. The van der Waals surface area contributed by atoms with Crippen molar-refractivity contribution in [1.29, 1.82) is 0 Å². The Morgan fingerprint density at radius 2 is 2.19 bits per heavy atom. The van der Waals surface area contributed by atoms with Crippen molar-refractivity contribution in [2.75, 3.05) is 18.1 Å². The van der Waals surface area contributed by atoms with Crippen molar-refractivity contribution in [3.8, 4) is 0 Å². The third-order valence-corrected chi connectivity index (χ3v) is 3.68. The largest absolute Gasteiger partial charge is 0.399 e. The smallest absolute Gasteiger partial charge is 0.0881 e. The van der Waals surface area contributed by atoms with Crippen molar-refractivity contribution >= 4 is 17.4 Å². The molecule has 16 heavy (non-hydrogen) atoms. The van der Waals surface area contributed by atoms with Gasteiger partial charge in [0.1, 0.15) is 0 Å². The first kappa shape index (κ1) is 13.4. The molecular weight excluding hydrogens is 222 g/mol. The number of nitrogen functional groups attached to an aromatic ring is 1. The fraction of sp³-hybridized carbons (Fsp3) is 0.500. The van der Waals surface area contributed by atoms with E-state index in [1.54, 1.807) is 23.9 Å². The summed E-state index contributed by atoms with van der Waals surface area (Å²) in [7, 11) is 0. The molecule has 3 nitrogen and oxygen atoms in total. The lowest BCUT2D eigenvalue weighted by atomic mass is 10.1. The molecule has 90 valence electrons. The Labute approximate surface area is 101 Å². The van der Waals surface area contributed by atoms with E-state index >= 15 is 0 Å². The van der Waals surface area contributed by atoms with Crippen molar-refractivity contribution in [2.45, 2.75) is 24.7 Å². The molecule has 0 aliphatic carbocycles. The van der Waals surface area contributed by atoms with Crippen LogP contribution in [-0.2, 0) is 0 Å². The quantitative estimate of drug-likeness (QED) is 0.664. The Kier molecular flexibility index (Phi) is 5.66. The Hall–Kier alpha value is -0.710. The highest BCUT2D eigenvalue weighted by Crippen LogP contribution is 2.23. The minimum atomic E-state index is -0.491. The normalized spacial score (nSPS) is 14.7. The van der Waals surface area contributed by atoms with Crippen LogP contribution in [0.15, 0.2) is 24.3 Å². The van der Waals surface area contributed by atoms with Crippen LogP contribution < -0.4 is 5.73 Å². The average Bonchev–Trinajstić information content (AvgIpc) is 2.26. The standard InChI is InChI=1S/C12H19NO2S/c1-9(5-6-14)16-8-12(15)10-3-2-4-11(13)7-10/h2-4,7,9,12,14-15H,5-6,8,13H2,1H3. The molecule has 2 unspecified atom stereocenters. The summed E-state index contributed by atoms with van der Waals surface area (Å²) in [4.78, 5) is 0. The lowest BCUT2D eigenvalue weighted by Crippen LogP contribution is -2.06. The van der Waals surface area contributed by atoms with Crippen LogP contribution in [0.4, 0.5) is 5.69 Å². The highest BCUT2D eigenvalue weighted by molar-refractivity contribution is 7.99. The van der Waals surface area contributed by atoms with Crippen molar-refractivity contribution in [2.24, 2.45) is 0 Å². The third kappa shape index (κ3) is 4.43. The summed E-state index contributed by atoms with van der Waals surface area (Å²) >= 11 is 1.66. The van der Waals surface area contributed by atoms with Gasteiger partial charge < -0.3 is 15.9 Å². The van der Waals surface area contributed by atoms with Crippen LogP contribution in [-0.4, -0.2) is 27.8 Å². The monoisotopic (exact) mass is 241 g/mol. The minimum absolute atomic E-state index is 0.197. The van der Waals surface area contributed by atoms with Gasteiger partial charge in [-0.2, -0.15) is 11.8 Å². The highest BCUT2D eigenvalue weighted by atomic mass is 32.2. The van der Waals surface area contributed by atoms with Gasteiger partial charge >= 0.3 is 0 Å². The molecule has 0 aliphatic rings.